The summed E-state index contributed by atoms with van der Waals surface area (Å²) in [6.45, 7) is 9.24. The third-order valence-electron chi connectivity index (χ3n) is 6.32. The van der Waals surface area contributed by atoms with Gasteiger partial charge in [-0.25, -0.2) is 4.98 Å². The maximum atomic E-state index is 5.00. The molecule has 148 valence electrons. The number of aryl methyl sites for hydroxylation is 2. The molecule has 1 aliphatic rings. The largest absolute Gasteiger partial charge is 0.325 e. The van der Waals surface area contributed by atoms with Crippen molar-refractivity contribution in [2.24, 2.45) is 11.8 Å². The molecule has 0 bridgehead atoms. The number of hydrogen-bond donors (Lipinski definition) is 1. The van der Waals surface area contributed by atoms with Crippen LogP contribution in [-0.4, -0.2) is 9.55 Å². The topological polar surface area (TPSA) is 29.9 Å². The van der Waals surface area contributed by atoms with Gasteiger partial charge in [-0.2, -0.15) is 0 Å². The quantitative estimate of drug-likeness (QED) is 0.525. The molecule has 1 saturated carbocycles. The Labute approximate surface area is 169 Å². The Balaban J connectivity index is 1.77. The molecule has 0 saturated heterocycles. The second-order valence-corrected chi connectivity index (χ2v) is 8.69. The number of para-hydroxylation sites is 2. The Morgan fingerprint density at radius 2 is 1.71 bits per heavy atom. The first-order valence-corrected chi connectivity index (χ1v) is 10.9. The van der Waals surface area contributed by atoms with Crippen LogP contribution in [0.2, 0.25) is 0 Å². The minimum absolute atomic E-state index is 0.508. The summed E-state index contributed by atoms with van der Waals surface area (Å²) in [5.41, 5.74) is 6.28. The zero-order valence-corrected chi connectivity index (χ0v) is 17.7. The minimum Gasteiger partial charge on any atom is -0.325 e. The summed E-state index contributed by atoms with van der Waals surface area (Å²) in [5.74, 6) is 2.52. The fraction of sp³-hybridized carbons (Fsp3) is 0.480. The van der Waals surface area contributed by atoms with Crippen LogP contribution in [0.1, 0.15) is 64.1 Å². The lowest BCUT2D eigenvalue weighted by Gasteiger charge is -2.33. The van der Waals surface area contributed by atoms with Gasteiger partial charge in [0.05, 0.1) is 11.0 Å². The summed E-state index contributed by atoms with van der Waals surface area (Å²) < 4.78 is 2.48. The molecule has 0 amide bonds. The molecule has 28 heavy (non-hydrogen) atoms. The van der Waals surface area contributed by atoms with E-state index in [-0.39, 0.29) is 0 Å². The molecule has 2 atom stereocenters. The predicted octanol–water partition coefficient (Wildman–Crippen LogP) is 6.90. The van der Waals surface area contributed by atoms with Crippen LogP contribution < -0.4 is 5.32 Å². The van der Waals surface area contributed by atoms with E-state index >= 15 is 0 Å². The Bertz CT molecular complexity index is 946. The van der Waals surface area contributed by atoms with Crippen molar-refractivity contribution in [3.05, 3.63) is 53.6 Å². The normalized spacial score (nSPS) is 22.5. The lowest BCUT2D eigenvalue weighted by Crippen LogP contribution is -2.23. The molecule has 0 radical (unpaired) electrons. The van der Waals surface area contributed by atoms with Crippen molar-refractivity contribution in [3.8, 4) is 0 Å². The predicted molar refractivity (Wildman–Crippen MR) is 119 cm³/mol. The average molecular weight is 376 g/mol. The molecule has 1 aromatic heterocycles. The maximum Gasteiger partial charge on any atom is 0.208 e. The van der Waals surface area contributed by atoms with E-state index in [1.165, 1.54) is 41.6 Å². The SMILES string of the molecule is CCc1ccc(Nc2nc3ccccc3n2C2CC(C)CC(C)C2)c(CC)c1. The van der Waals surface area contributed by atoms with Crippen molar-refractivity contribution in [3.63, 3.8) is 0 Å². The summed E-state index contributed by atoms with van der Waals surface area (Å²) in [4.78, 5) is 5.00. The molecule has 2 unspecified atom stereocenters. The second kappa shape index (κ2) is 7.98. The van der Waals surface area contributed by atoms with Crippen LogP contribution in [0, 0.1) is 11.8 Å². The number of nitrogens with one attached hydrogen (secondary N) is 1. The first kappa shape index (κ1) is 19.0. The van der Waals surface area contributed by atoms with Gasteiger partial charge in [0.2, 0.25) is 5.95 Å². The van der Waals surface area contributed by atoms with Crippen LogP contribution in [0.4, 0.5) is 11.6 Å². The van der Waals surface area contributed by atoms with Crippen molar-refractivity contribution in [1.82, 2.24) is 9.55 Å². The molecule has 1 aliphatic carbocycles. The Morgan fingerprint density at radius 3 is 2.43 bits per heavy atom. The third kappa shape index (κ3) is 3.67. The molecular formula is C25H33N3. The molecule has 0 spiro atoms. The number of benzene rings is 2. The number of anilines is 2. The smallest absolute Gasteiger partial charge is 0.208 e. The molecule has 1 heterocycles. The molecule has 2 aromatic carbocycles. The van der Waals surface area contributed by atoms with Crippen LogP contribution in [0.25, 0.3) is 11.0 Å². The van der Waals surface area contributed by atoms with Gasteiger partial charge in [0.1, 0.15) is 0 Å². The van der Waals surface area contributed by atoms with Crippen LogP contribution >= 0.6 is 0 Å². The van der Waals surface area contributed by atoms with Crippen molar-refractivity contribution in [2.75, 3.05) is 5.32 Å². The number of imidazole rings is 1. The second-order valence-electron chi connectivity index (χ2n) is 8.69. The summed E-state index contributed by atoms with van der Waals surface area (Å²) in [6.07, 6.45) is 5.89. The summed E-state index contributed by atoms with van der Waals surface area (Å²) in [6, 6.07) is 15.9. The van der Waals surface area contributed by atoms with Gasteiger partial charge in [-0.1, -0.05) is 52.0 Å². The number of fused-ring (bicyclic) bond motifs is 1. The first-order chi connectivity index (χ1) is 13.6. The van der Waals surface area contributed by atoms with E-state index in [0.29, 0.717) is 6.04 Å². The van der Waals surface area contributed by atoms with Gasteiger partial charge in [0, 0.05) is 11.7 Å². The number of aromatic nitrogens is 2. The summed E-state index contributed by atoms with van der Waals surface area (Å²) >= 11 is 0. The van der Waals surface area contributed by atoms with Crippen LogP contribution in [0.15, 0.2) is 42.5 Å². The van der Waals surface area contributed by atoms with Crippen molar-refractivity contribution in [1.29, 1.82) is 0 Å². The highest BCUT2D eigenvalue weighted by Gasteiger charge is 2.28. The van der Waals surface area contributed by atoms with Crippen LogP contribution in [0.5, 0.6) is 0 Å². The molecule has 3 aromatic rings. The van der Waals surface area contributed by atoms with Crippen molar-refractivity contribution in [2.45, 2.75) is 65.8 Å². The zero-order chi connectivity index (χ0) is 19.7. The average Bonchev–Trinajstić information content (AvgIpc) is 3.05. The minimum atomic E-state index is 0.508. The maximum absolute atomic E-state index is 5.00. The van der Waals surface area contributed by atoms with E-state index in [1.807, 2.05) is 0 Å². The molecule has 4 rings (SSSR count). The van der Waals surface area contributed by atoms with Gasteiger partial charge in [-0.15, -0.1) is 0 Å². The monoisotopic (exact) mass is 375 g/mol. The highest BCUT2D eigenvalue weighted by atomic mass is 15.2. The van der Waals surface area contributed by atoms with Gasteiger partial charge in [-0.3, -0.25) is 0 Å². The van der Waals surface area contributed by atoms with E-state index in [4.69, 9.17) is 4.98 Å². The summed E-state index contributed by atoms with van der Waals surface area (Å²) in [7, 11) is 0. The van der Waals surface area contributed by atoms with Crippen molar-refractivity contribution < 1.29 is 0 Å². The van der Waals surface area contributed by atoms with E-state index in [2.05, 4.69) is 80.0 Å². The highest BCUT2D eigenvalue weighted by molar-refractivity contribution is 5.80. The molecule has 1 fully saturated rings. The van der Waals surface area contributed by atoms with Gasteiger partial charge in [-0.05, 0) is 73.3 Å². The lowest BCUT2D eigenvalue weighted by molar-refractivity contribution is 0.226. The van der Waals surface area contributed by atoms with E-state index < -0.39 is 0 Å². The van der Waals surface area contributed by atoms with E-state index in [9.17, 15) is 0 Å². The van der Waals surface area contributed by atoms with Gasteiger partial charge in [0.25, 0.3) is 0 Å². The van der Waals surface area contributed by atoms with E-state index in [0.717, 1.165) is 36.1 Å². The fourth-order valence-corrected chi connectivity index (χ4v) is 5.02. The fourth-order valence-electron chi connectivity index (χ4n) is 5.02. The Hall–Kier alpha value is -2.29. The first-order valence-electron chi connectivity index (χ1n) is 10.9. The molecule has 1 N–H and O–H groups in total. The third-order valence-corrected chi connectivity index (χ3v) is 6.32. The number of hydrogen-bond acceptors (Lipinski definition) is 2. The number of nitrogens with zero attached hydrogens (tertiary/aromatic N) is 2. The Kier molecular flexibility index (Phi) is 5.43. The van der Waals surface area contributed by atoms with Gasteiger partial charge in [0.15, 0.2) is 0 Å². The zero-order valence-electron chi connectivity index (χ0n) is 17.7. The lowest BCUT2D eigenvalue weighted by atomic mass is 9.80. The van der Waals surface area contributed by atoms with Gasteiger partial charge < -0.3 is 9.88 Å². The highest BCUT2D eigenvalue weighted by Crippen LogP contribution is 2.40. The molecule has 0 aliphatic heterocycles. The Morgan fingerprint density at radius 1 is 0.964 bits per heavy atom. The van der Waals surface area contributed by atoms with Crippen LogP contribution in [0.3, 0.4) is 0 Å². The standard InChI is InChI=1S/C25H33N3/c1-5-19-11-12-22(20(6-2)16-19)26-25-27-23-9-7-8-10-24(23)28(25)21-14-17(3)13-18(4)15-21/h7-12,16-18,21H,5-6,13-15H2,1-4H3,(H,26,27). The molecule has 3 heteroatoms. The molecular weight excluding hydrogens is 342 g/mol. The summed E-state index contributed by atoms with van der Waals surface area (Å²) in [5, 5.41) is 3.71. The van der Waals surface area contributed by atoms with E-state index in [1.54, 1.807) is 0 Å². The number of rotatable bonds is 5. The molecule has 3 nitrogen and oxygen atoms in total. The van der Waals surface area contributed by atoms with Crippen molar-refractivity contribution >= 4 is 22.7 Å². The van der Waals surface area contributed by atoms with Gasteiger partial charge >= 0.3 is 0 Å². The van der Waals surface area contributed by atoms with Crippen LogP contribution in [-0.2, 0) is 12.8 Å².